The second kappa shape index (κ2) is 7.43. The van der Waals surface area contributed by atoms with E-state index in [1.54, 1.807) is 0 Å². The third-order valence-electron chi connectivity index (χ3n) is 3.89. The Labute approximate surface area is 137 Å². The maximum absolute atomic E-state index is 5.79. The van der Waals surface area contributed by atoms with Crippen molar-refractivity contribution in [2.24, 2.45) is 5.84 Å². The maximum atomic E-state index is 5.79. The summed E-state index contributed by atoms with van der Waals surface area (Å²) in [4.78, 5) is 0. The fourth-order valence-corrected chi connectivity index (χ4v) is 2.72. The van der Waals surface area contributed by atoms with Gasteiger partial charge in [-0.05, 0) is 22.8 Å². The van der Waals surface area contributed by atoms with Crippen LogP contribution in [0.25, 0.3) is 5.70 Å². The number of nitrogens with one attached hydrogen (secondary N) is 1. The van der Waals surface area contributed by atoms with Crippen molar-refractivity contribution in [2.45, 2.75) is 5.92 Å². The molecule has 0 aliphatic carbocycles. The molecule has 3 aromatic rings. The van der Waals surface area contributed by atoms with Crippen LogP contribution in [0.15, 0.2) is 97.1 Å². The predicted octanol–water partition coefficient (Wildman–Crippen LogP) is 4.32. The molecule has 0 heterocycles. The van der Waals surface area contributed by atoms with E-state index in [2.05, 4.69) is 72.2 Å². The molecule has 2 heteroatoms. The van der Waals surface area contributed by atoms with Gasteiger partial charge in [0.2, 0.25) is 0 Å². The average Bonchev–Trinajstić information content (AvgIpc) is 2.65. The maximum Gasteiger partial charge on any atom is 0.0527 e. The molecular formula is C21H20N2. The molecule has 3 rings (SSSR count). The van der Waals surface area contributed by atoms with Crippen LogP contribution in [-0.4, -0.2) is 0 Å². The molecule has 0 aromatic heterocycles. The molecule has 0 unspecified atom stereocenters. The minimum atomic E-state index is 0.142. The molecule has 0 saturated heterocycles. The lowest BCUT2D eigenvalue weighted by atomic mass is 9.89. The van der Waals surface area contributed by atoms with E-state index in [1.807, 2.05) is 30.3 Å². The van der Waals surface area contributed by atoms with Gasteiger partial charge < -0.3 is 5.43 Å². The van der Waals surface area contributed by atoms with Gasteiger partial charge in [-0.2, -0.15) is 0 Å². The summed E-state index contributed by atoms with van der Waals surface area (Å²) in [5.41, 5.74) is 7.32. The molecule has 0 atom stereocenters. The van der Waals surface area contributed by atoms with Crippen LogP contribution in [-0.2, 0) is 0 Å². The Morgan fingerprint density at radius 3 is 1.57 bits per heavy atom. The number of benzene rings is 3. The fourth-order valence-electron chi connectivity index (χ4n) is 2.72. The van der Waals surface area contributed by atoms with Crippen molar-refractivity contribution in [1.82, 2.24) is 5.43 Å². The molecule has 0 saturated carbocycles. The molecule has 0 aliphatic heterocycles. The van der Waals surface area contributed by atoms with Crippen LogP contribution in [0.1, 0.15) is 22.6 Å². The Morgan fingerprint density at radius 1 is 0.696 bits per heavy atom. The van der Waals surface area contributed by atoms with E-state index in [0.29, 0.717) is 0 Å². The van der Waals surface area contributed by atoms with Crippen molar-refractivity contribution < 1.29 is 0 Å². The Morgan fingerprint density at radius 2 is 1.13 bits per heavy atom. The molecule has 114 valence electrons. The number of hydrazine groups is 1. The normalized spacial score (nSPS) is 11.5. The summed E-state index contributed by atoms with van der Waals surface area (Å²) in [5.74, 6) is 5.93. The Kier molecular flexibility index (Phi) is 4.87. The highest BCUT2D eigenvalue weighted by molar-refractivity contribution is 5.65. The van der Waals surface area contributed by atoms with Crippen molar-refractivity contribution in [3.05, 3.63) is 114 Å². The largest absolute Gasteiger partial charge is 0.324 e. The van der Waals surface area contributed by atoms with Gasteiger partial charge in [0.05, 0.1) is 5.70 Å². The van der Waals surface area contributed by atoms with Gasteiger partial charge in [-0.1, -0.05) is 91.0 Å². The van der Waals surface area contributed by atoms with Crippen LogP contribution in [0, 0.1) is 0 Å². The molecule has 0 bridgehead atoms. The van der Waals surface area contributed by atoms with Crippen molar-refractivity contribution in [3.8, 4) is 0 Å². The van der Waals surface area contributed by atoms with Gasteiger partial charge in [0.25, 0.3) is 0 Å². The number of hydrogen-bond donors (Lipinski definition) is 2. The predicted molar refractivity (Wildman–Crippen MR) is 96.5 cm³/mol. The second-order valence-electron chi connectivity index (χ2n) is 5.39. The molecule has 0 radical (unpaired) electrons. The second-order valence-corrected chi connectivity index (χ2v) is 5.39. The first-order chi connectivity index (χ1) is 11.4. The molecule has 23 heavy (non-hydrogen) atoms. The van der Waals surface area contributed by atoms with Gasteiger partial charge >= 0.3 is 0 Å². The fraction of sp³-hybridized carbons (Fsp3) is 0.0476. The Balaban J connectivity index is 2.07. The number of allylic oxidation sites excluding steroid dienone is 1. The van der Waals surface area contributed by atoms with Gasteiger partial charge in [0.15, 0.2) is 0 Å². The first kappa shape index (κ1) is 15.1. The zero-order valence-electron chi connectivity index (χ0n) is 12.9. The van der Waals surface area contributed by atoms with Crippen molar-refractivity contribution in [3.63, 3.8) is 0 Å². The van der Waals surface area contributed by atoms with Gasteiger partial charge in [0.1, 0.15) is 0 Å². The lowest BCUT2D eigenvalue weighted by Crippen LogP contribution is -2.20. The van der Waals surface area contributed by atoms with E-state index in [9.17, 15) is 0 Å². The highest BCUT2D eigenvalue weighted by Crippen LogP contribution is 2.28. The summed E-state index contributed by atoms with van der Waals surface area (Å²) in [6.45, 7) is 0. The van der Waals surface area contributed by atoms with E-state index in [4.69, 9.17) is 5.84 Å². The summed E-state index contributed by atoms with van der Waals surface area (Å²) in [7, 11) is 0. The first-order valence-electron chi connectivity index (χ1n) is 7.72. The molecule has 2 nitrogen and oxygen atoms in total. The summed E-state index contributed by atoms with van der Waals surface area (Å²) < 4.78 is 0. The Hall–Kier alpha value is -2.84. The van der Waals surface area contributed by atoms with Gasteiger partial charge in [-0.3, -0.25) is 5.84 Å². The quantitative estimate of drug-likeness (QED) is 0.544. The van der Waals surface area contributed by atoms with Crippen LogP contribution < -0.4 is 11.3 Å². The smallest absolute Gasteiger partial charge is 0.0527 e. The van der Waals surface area contributed by atoms with E-state index >= 15 is 0 Å². The monoisotopic (exact) mass is 300 g/mol. The molecule has 0 amide bonds. The van der Waals surface area contributed by atoms with Crippen molar-refractivity contribution >= 4 is 5.70 Å². The first-order valence-corrected chi connectivity index (χ1v) is 7.72. The third-order valence-corrected chi connectivity index (χ3v) is 3.89. The molecular weight excluding hydrogens is 280 g/mol. The SMILES string of the molecule is NN/C(=C\C(c1ccccc1)c1ccccc1)c1ccccc1. The molecule has 0 fully saturated rings. The van der Waals surface area contributed by atoms with Gasteiger partial charge in [-0.15, -0.1) is 0 Å². The lowest BCUT2D eigenvalue weighted by molar-refractivity contribution is 0.956. The average molecular weight is 300 g/mol. The number of rotatable bonds is 5. The standard InChI is InChI=1S/C21H20N2/c22-23-21(19-14-8-3-9-15-19)16-20(17-10-4-1-5-11-17)18-12-6-2-7-13-18/h1-16,20,23H,22H2/b21-16-. The zero-order chi connectivity index (χ0) is 15.9. The minimum absolute atomic E-state index is 0.142. The highest BCUT2D eigenvalue weighted by Gasteiger charge is 2.13. The summed E-state index contributed by atoms with van der Waals surface area (Å²) >= 11 is 0. The molecule has 3 aromatic carbocycles. The van der Waals surface area contributed by atoms with Crippen molar-refractivity contribution in [1.29, 1.82) is 0 Å². The number of nitrogens with two attached hydrogens (primary N) is 1. The molecule has 0 aliphatic rings. The van der Waals surface area contributed by atoms with Crippen molar-refractivity contribution in [2.75, 3.05) is 0 Å². The van der Waals surface area contributed by atoms with Crippen LogP contribution >= 0.6 is 0 Å². The van der Waals surface area contributed by atoms with Gasteiger partial charge in [-0.25, -0.2) is 0 Å². The summed E-state index contributed by atoms with van der Waals surface area (Å²) in [6.07, 6.45) is 2.18. The minimum Gasteiger partial charge on any atom is -0.324 e. The Bertz CT molecular complexity index is 710. The van der Waals surface area contributed by atoms with E-state index in [0.717, 1.165) is 11.3 Å². The topological polar surface area (TPSA) is 38.0 Å². The van der Waals surface area contributed by atoms with Crippen LogP contribution in [0.3, 0.4) is 0 Å². The number of hydrogen-bond acceptors (Lipinski definition) is 2. The lowest BCUT2D eigenvalue weighted by Gasteiger charge is -2.17. The molecule has 0 spiro atoms. The third kappa shape index (κ3) is 3.68. The molecule has 3 N–H and O–H groups in total. The van der Waals surface area contributed by atoms with Gasteiger partial charge in [0, 0.05) is 5.92 Å². The highest BCUT2D eigenvalue weighted by atomic mass is 15.2. The van der Waals surface area contributed by atoms with Crippen LogP contribution in [0.2, 0.25) is 0 Å². The van der Waals surface area contributed by atoms with E-state index in [-0.39, 0.29) is 5.92 Å². The van der Waals surface area contributed by atoms with E-state index in [1.165, 1.54) is 11.1 Å². The van der Waals surface area contributed by atoms with Crippen LogP contribution in [0.5, 0.6) is 0 Å². The van der Waals surface area contributed by atoms with E-state index < -0.39 is 0 Å². The summed E-state index contributed by atoms with van der Waals surface area (Å²) in [6, 6.07) is 31.1. The summed E-state index contributed by atoms with van der Waals surface area (Å²) in [5, 5.41) is 0. The van der Waals surface area contributed by atoms with Crippen LogP contribution in [0.4, 0.5) is 0 Å². The zero-order valence-corrected chi connectivity index (χ0v) is 12.9.